The number of hydrogen-bond acceptors (Lipinski definition) is 4. The number of pyridine rings is 1. The standard InChI is InChI=1S/C18H21N3O2S/c1-13(22)21-8-4-14(5-9-21)18(23)20-11-15-3-2-7-19-17(15)16-6-10-24-12-16/h2-3,6-7,10,12,14H,4-5,8-9,11H2,1H3,(H,20,23). The van der Waals surface area contributed by atoms with Crippen LogP contribution in [0.4, 0.5) is 0 Å². The summed E-state index contributed by atoms with van der Waals surface area (Å²) in [6, 6.07) is 5.93. The first-order valence-corrected chi connectivity index (χ1v) is 9.09. The van der Waals surface area contributed by atoms with Crippen molar-refractivity contribution >= 4 is 23.2 Å². The molecule has 0 aromatic carbocycles. The van der Waals surface area contributed by atoms with Crippen LogP contribution in [0, 0.1) is 5.92 Å². The lowest BCUT2D eigenvalue weighted by molar-refractivity contribution is -0.134. The number of nitrogens with one attached hydrogen (secondary N) is 1. The molecule has 0 atom stereocenters. The number of aromatic nitrogens is 1. The lowest BCUT2D eigenvalue weighted by Gasteiger charge is -2.30. The third-order valence-electron chi connectivity index (χ3n) is 4.45. The van der Waals surface area contributed by atoms with Crippen molar-refractivity contribution < 1.29 is 9.59 Å². The van der Waals surface area contributed by atoms with Crippen molar-refractivity contribution in [2.45, 2.75) is 26.3 Å². The van der Waals surface area contributed by atoms with Gasteiger partial charge in [0.05, 0.1) is 5.69 Å². The maximum atomic E-state index is 12.4. The number of likely N-dealkylation sites (tertiary alicyclic amines) is 1. The molecule has 24 heavy (non-hydrogen) atoms. The lowest BCUT2D eigenvalue weighted by Crippen LogP contribution is -2.42. The van der Waals surface area contributed by atoms with Crippen LogP contribution in [0.2, 0.25) is 0 Å². The Morgan fingerprint density at radius 2 is 2.12 bits per heavy atom. The Morgan fingerprint density at radius 3 is 2.79 bits per heavy atom. The number of carbonyl (C=O) groups excluding carboxylic acids is 2. The van der Waals surface area contributed by atoms with Crippen LogP contribution in [0.1, 0.15) is 25.3 Å². The highest BCUT2D eigenvalue weighted by atomic mass is 32.1. The zero-order chi connectivity index (χ0) is 16.9. The Hall–Kier alpha value is -2.21. The van der Waals surface area contributed by atoms with Crippen molar-refractivity contribution in [2.75, 3.05) is 13.1 Å². The third kappa shape index (κ3) is 3.82. The molecule has 2 aromatic heterocycles. The number of hydrogen-bond donors (Lipinski definition) is 1. The summed E-state index contributed by atoms with van der Waals surface area (Å²) in [5.74, 6) is 0.143. The van der Waals surface area contributed by atoms with Crippen molar-refractivity contribution in [3.8, 4) is 11.3 Å². The summed E-state index contributed by atoms with van der Waals surface area (Å²) in [5, 5.41) is 7.12. The summed E-state index contributed by atoms with van der Waals surface area (Å²) in [4.78, 5) is 30.0. The largest absolute Gasteiger partial charge is 0.352 e. The summed E-state index contributed by atoms with van der Waals surface area (Å²) >= 11 is 1.63. The van der Waals surface area contributed by atoms with Gasteiger partial charge in [0.2, 0.25) is 11.8 Å². The zero-order valence-corrected chi connectivity index (χ0v) is 14.5. The summed E-state index contributed by atoms with van der Waals surface area (Å²) in [6.07, 6.45) is 3.24. The van der Waals surface area contributed by atoms with E-state index in [-0.39, 0.29) is 17.7 Å². The first-order valence-electron chi connectivity index (χ1n) is 8.15. The fourth-order valence-electron chi connectivity index (χ4n) is 3.02. The van der Waals surface area contributed by atoms with Gasteiger partial charge in [-0.3, -0.25) is 14.6 Å². The van der Waals surface area contributed by atoms with Gasteiger partial charge < -0.3 is 10.2 Å². The van der Waals surface area contributed by atoms with E-state index >= 15 is 0 Å². The maximum absolute atomic E-state index is 12.4. The molecule has 1 fully saturated rings. The third-order valence-corrected chi connectivity index (χ3v) is 5.13. The van der Waals surface area contributed by atoms with Gasteiger partial charge in [-0.1, -0.05) is 6.07 Å². The van der Waals surface area contributed by atoms with Crippen LogP contribution >= 0.6 is 11.3 Å². The van der Waals surface area contributed by atoms with Crippen LogP contribution in [0.15, 0.2) is 35.2 Å². The highest BCUT2D eigenvalue weighted by Gasteiger charge is 2.25. The van der Waals surface area contributed by atoms with E-state index in [1.54, 1.807) is 29.4 Å². The van der Waals surface area contributed by atoms with Gasteiger partial charge in [-0.2, -0.15) is 11.3 Å². The molecule has 5 nitrogen and oxygen atoms in total. The Balaban J connectivity index is 1.59. The minimum Gasteiger partial charge on any atom is -0.352 e. The van der Waals surface area contributed by atoms with E-state index in [1.807, 2.05) is 23.6 Å². The quantitative estimate of drug-likeness (QED) is 0.928. The van der Waals surface area contributed by atoms with Crippen molar-refractivity contribution in [1.82, 2.24) is 15.2 Å². The van der Waals surface area contributed by atoms with Gasteiger partial charge in [-0.05, 0) is 35.9 Å². The maximum Gasteiger partial charge on any atom is 0.223 e. The highest BCUT2D eigenvalue weighted by molar-refractivity contribution is 7.08. The van der Waals surface area contributed by atoms with Crippen molar-refractivity contribution in [3.63, 3.8) is 0 Å². The first-order chi connectivity index (χ1) is 11.6. The molecule has 0 bridgehead atoms. The van der Waals surface area contributed by atoms with Crippen molar-refractivity contribution in [3.05, 3.63) is 40.7 Å². The Morgan fingerprint density at radius 1 is 1.33 bits per heavy atom. The van der Waals surface area contributed by atoms with Gasteiger partial charge in [-0.25, -0.2) is 0 Å². The van der Waals surface area contributed by atoms with Crippen LogP contribution in [-0.4, -0.2) is 34.8 Å². The van der Waals surface area contributed by atoms with Gasteiger partial charge in [0, 0.05) is 49.6 Å². The van der Waals surface area contributed by atoms with Crippen LogP contribution in [-0.2, 0) is 16.1 Å². The fraction of sp³-hybridized carbons (Fsp3) is 0.389. The summed E-state index contributed by atoms with van der Waals surface area (Å²) in [6.45, 7) is 3.39. The van der Waals surface area contributed by atoms with E-state index in [2.05, 4.69) is 15.7 Å². The molecule has 0 spiro atoms. The van der Waals surface area contributed by atoms with E-state index < -0.39 is 0 Å². The van der Waals surface area contributed by atoms with Gasteiger partial charge >= 0.3 is 0 Å². The first kappa shape index (κ1) is 16.6. The van der Waals surface area contributed by atoms with Crippen LogP contribution in [0.3, 0.4) is 0 Å². The molecule has 0 radical (unpaired) electrons. The minimum absolute atomic E-state index is 0.0122. The summed E-state index contributed by atoms with van der Waals surface area (Å²) < 4.78 is 0. The number of rotatable bonds is 4. The molecule has 3 rings (SSSR count). The fourth-order valence-corrected chi connectivity index (χ4v) is 3.66. The normalized spacial score (nSPS) is 15.3. The minimum atomic E-state index is -0.0122. The van der Waals surface area contributed by atoms with E-state index in [0.717, 1.165) is 29.7 Å². The van der Waals surface area contributed by atoms with Crippen molar-refractivity contribution in [1.29, 1.82) is 0 Å². The van der Waals surface area contributed by atoms with E-state index in [1.165, 1.54) is 0 Å². The zero-order valence-electron chi connectivity index (χ0n) is 13.7. The van der Waals surface area contributed by atoms with Gasteiger partial charge in [-0.15, -0.1) is 0 Å². The molecular weight excluding hydrogens is 322 g/mol. The molecule has 2 aromatic rings. The molecular formula is C18H21N3O2S. The summed E-state index contributed by atoms with van der Waals surface area (Å²) in [7, 11) is 0. The number of carbonyl (C=O) groups is 2. The van der Waals surface area contributed by atoms with Crippen LogP contribution in [0.5, 0.6) is 0 Å². The molecule has 1 saturated heterocycles. The van der Waals surface area contributed by atoms with Gasteiger partial charge in [0.25, 0.3) is 0 Å². The van der Waals surface area contributed by atoms with E-state index in [0.29, 0.717) is 19.6 Å². The van der Waals surface area contributed by atoms with Crippen molar-refractivity contribution in [2.24, 2.45) is 5.92 Å². The van der Waals surface area contributed by atoms with E-state index in [4.69, 9.17) is 0 Å². The Labute approximate surface area is 145 Å². The molecule has 1 aliphatic rings. The molecule has 6 heteroatoms. The smallest absolute Gasteiger partial charge is 0.223 e. The molecule has 0 aliphatic carbocycles. The van der Waals surface area contributed by atoms with Crippen LogP contribution in [0.25, 0.3) is 11.3 Å². The number of nitrogens with zero attached hydrogens (tertiary/aromatic N) is 2. The topological polar surface area (TPSA) is 62.3 Å². The average Bonchev–Trinajstić information content (AvgIpc) is 3.14. The number of amides is 2. The molecule has 1 N–H and O–H groups in total. The van der Waals surface area contributed by atoms with E-state index in [9.17, 15) is 9.59 Å². The predicted octanol–water partition coefficient (Wildman–Crippen LogP) is 2.68. The lowest BCUT2D eigenvalue weighted by atomic mass is 9.95. The second-order valence-electron chi connectivity index (χ2n) is 6.02. The SMILES string of the molecule is CC(=O)N1CCC(C(=O)NCc2cccnc2-c2ccsc2)CC1. The second-order valence-corrected chi connectivity index (χ2v) is 6.80. The number of thiophene rings is 1. The Kier molecular flexibility index (Phi) is 5.25. The molecule has 1 aliphatic heterocycles. The monoisotopic (exact) mass is 343 g/mol. The molecule has 126 valence electrons. The average molecular weight is 343 g/mol. The second kappa shape index (κ2) is 7.57. The predicted molar refractivity (Wildman–Crippen MR) is 94.4 cm³/mol. The molecule has 0 unspecified atom stereocenters. The number of piperidine rings is 1. The Bertz CT molecular complexity index is 707. The van der Waals surface area contributed by atoms with Crippen LogP contribution < -0.4 is 5.32 Å². The highest BCUT2D eigenvalue weighted by Crippen LogP contribution is 2.24. The molecule has 0 saturated carbocycles. The summed E-state index contributed by atoms with van der Waals surface area (Å²) in [5.41, 5.74) is 3.02. The molecule has 2 amide bonds. The van der Waals surface area contributed by atoms with Gasteiger partial charge in [0.15, 0.2) is 0 Å². The molecule has 3 heterocycles. The van der Waals surface area contributed by atoms with Gasteiger partial charge in [0.1, 0.15) is 0 Å².